The van der Waals surface area contributed by atoms with Crippen LogP contribution in [0.1, 0.15) is 50.4 Å². The Bertz CT molecular complexity index is 695. The maximum absolute atomic E-state index is 12.0. The molecule has 0 bridgehead atoms. The summed E-state index contributed by atoms with van der Waals surface area (Å²) in [5.74, 6) is 2.64. The van der Waals surface area contributed by atoms with Crippen LogP contribution in [0.15, 0.2) is 35.5 Å². The molecule has 1 aliphatic carbocycles. The SMILES string of the molecule is CC(C)CCNC(=O)CSc1nnc(C2CC2)n1Cc1ccccc1. The third kappa shape index (κ3) is 5.33. The third-order valence-electron chi connectivity index (χ3n) is 4.25. The lowest BCUT2D eigenvalue weighted by molar-refractivity contribution is -0.118. The van der Waals surface area contributed by atoms with Gasteiger partial charge in [-0.3, -0.25) is 4.79 Å². The van der Waals surface area contributed by atoms with E-state index >= 15 is 0 Å². The van der Waals surface area contributed by atoms with E-state index in [9.17, 15) is 4.79 Å². The number of hydrogen-bond acceptors (Lipinski definition) is 4. The van der Waals surface area contributed by atoms with Crippen molar-refractivity contribution in [3.63, 3.8) is 0 Å². The first-order valence-electron chi connectivity index (χ1n) is 9.00. The van der Waals surface area contributed by atoms with Crippen molar-refractivity contribution in [2.75, 3.05) is 12.3 Å². The van der Waals surface area contributed by atoms with Crippen LogP contribution in [-0.4, -0.2) is 33.0 Å². The van der Waals surface area contributed by atoms with Crippen LogP contribution in [0.4, 0.5) is 0 Å². The monoisotopic (exact) mass is 358 g/mol. The summed E-state index contributed by atoms with van der Waals surface area (Å²) in [4.78, 5) is 12.0. The Kier molecular flexibility index (Phi) is 6.13. The fourth-order valence-corrected chi connectivity index (χ4v) is 3.42. The average molecular weight is 359 g/mol. The van der Waals surface area contributed by atoms with Crippen molar-refractivity contribution in [3.8, 4) is 0 Å². The summed E-state index contributed by atoms with van der Waals surface area (Å²) in [6, 6.07) is 10.3. The van der Waals surface area contributed by atoms with Gasteiger partial charge >= 0.3 is 0 Å². The number of thioether (sulfide) groups is 1. The Balaban J connectivity index is 1.62. The lowest BCUT2D eigenvalue weighted by Gasteiger charge is -2.10. The van der Waals surface area contributed by atoms with E-state index in [-0.39, 0.29) is 5.91 Å². The molecule has 1 fully saturated rings. The van der Waals surface area contributed by atoms with Crippen LogP contribution in [0.25, 0.3) is 0 Å². The summed E-state index contributed by atoms with van der Waals surface area (Å²) >= 11 is 1.48. The van der Waals surface area contributed by atoms with Gasteiger partial charge in [-0.1, -0.05) is 55.9 Å². The molecule has 3 rings (SSSR count). The molecule has 1 saturated carbocycles. The molecule has 0 saturated heterocycles. The number of rotatable bonds is 9. The molecular weight excluding hydrogens is 332 g/mol. The molecule has 25 heavy (non-hydrogen) atoms. The summed E-state index contributed by atoms with van der Waals surface area (Å²) in [5, 5.41) is 12.6. The van der Waals surface area contributed by atoms with Crippen molar-refractivity contribution in [1.82, 2.24) is 20.1 Å². The van der Waals surface area contributed by atoms with E-state index in [0.29, 0.717) is 17.6 Å². The normalized spacial score (nSPS) is 14.0. The number of nitrogens with one attached hydrogen (secondary N) is 1. The van der Waals surface area contributed by atoms with Crippen molar-refractivity contribution < 1.29 is 4.79 Å². The van der Waals surface area contributed by atoms with E-state index in [1.54, 1.807) is 0 Å². The van der Waals surface area contributed by atoms with Gasteiger partial charge in [0, 0.05) is 12.5 Å². The van der Waals surface area contributed by atoms with E-state index in [4.69, 9.17) is 0 Å². The van der Waals surface area contributed by atoms with Crippen LogP contribution in [0.5, 0.6) is 0 Å². The number of aromatic nitrogens is 3. The van der Waals surface area contributed by atoms with Gasteiger partial charge in [0.1, 0.15) is 5.82 Å². The van der Waals surface area contributed by atoms with Gasteiger partial charge in [-0.05, 0) is 30.7 Å². The zero-order valence-corrected chi connectivity index (χ0v) is 15.8. The Morgan fingerprint density at radius 3 is 2.72 bits per heavy atom. The van der Waals surface area contributed by atoms with Crippen LogP contribution >= 0.6 is 11.8 Å². The maximum atomic E-state index is 12.0. The quantitative estimate of drug-likeness (QED) is 0.698. The van der Waals surface area contributed by atoms with Gasteiger partial charge in [0.15, 0.2) is 5.16 Å². The van der Waals surface area contributed by atoms with Crippen molar-refractivity contribution in [3.05, 3.63) is 41.7 Å². The van der Waals surface area contributed by atoms with E-state index in [1.165, 1.54) is 30.2 Å². The summed E-state index contributed by atoms with van der Waals surface area (Å²) in [7, 11) is 0. The van der Waals surface area contributed by atoms with Gasteiger partial charge in [-0.25, -0.2) is 0 Å². The standard InChI is InChI=1S/C19H26N4OS/c1-14(2)10-11-20-17(24)13-25-19-22-21-18(16-8-9-16)23(19)12-15-6-4-3-5-7-15/h3-7,14,16H,8-13H2,1-2H3,(H,20,24). The predicted molar refractivity (Wildman–Crippen MR) is 101 cm³/mol. The minimum atomic E-state index is 0.0629. The predicted octanol–water partition coefficient (Wildman–Crippen LogP) is 3.46. The molecule has 1 heterocycles. The maximum Gasteiger partial charge on any atom is 0.230 e. The first-order chi connectivity index (χ1) is 12.1. The zero-order chi connectivity index (χ0) is 17.6. The molecule has 1 amide bonds. The van der Waals surface area contributed by atoms with Crippen LogP contribution in [0.3, 0.4) is 0 Å². The highest BCUT2D eigenvalue weighted by Gasteiger charge is 2.30. The van der Waals surface area contributed by atoms with Gasteiger partial charge in [0.2, 0.25) is 5.91 Å². The fourth-order valence-electron chi connectivity index (χ4n) is 2.65. The molecule has 1 aromatic carbocycles. The van der Waals surface area contributed by atoms with Crippen LogP contribution in [-0.2, 0) is 11.3 Å². The Morgan fingerprint density at radius 1 is 1.28 bits per heavy atom. The van der Waals surface area contributed by atoms with Crippen LogP contribution in [0, 0.1) is 5.92 Å². The van der Waals surface area contributed by atoms with Gasteiger partial charge < -0.3 is 9.88 Å². The number of benzene rings is 1. The highest BCUT2D eigenvalue weighted by Crippen LogP contribution is 2.40. The van der Waals surface area contributed by atoms with Crippen molar-refractivity contribution >= 4 is 17.7 Å². The molecule has 2 aromatic rings. The first-order valence-corrected chi connectivity index (χ1v) is 9.98. The molecule has 1 aromatic heterocycles. The number of carbonyl (C=O) groups excluding carboxylic acids is 1. The number of hydrogen-bond donors (Lipinski definition) is 1. The molecule has 0 spiro atoms. The summed E-state index contributed by atoms with van der Waals surface area (Å²) in [6.07, 6.45) is 3.38. The van der Waals surface area contributed by atoms with Crippen LogP contribution in [0.2, 0.25) is 0 Å². The van der Waals surface area contributed by atoms with Crippen molar-refractivity contribution in [2.45, 2.75) is 50.7 Å². The molecule has 1 N–H and O–H groups in total. The summed E-state index contributed by atoms with van der Waals surface area (Å²) in [6.45, 7) is 5.82. The molecule has 6 heteroatoms. The summed E-state index contributed by atoms with van der Waals surface area (Å²) < 4.78 is 2.18. The zero-order valence-electron chi connectivity index (χ0n) is 14.9. The smallest absolute Gasteiger partial charge is 0.230 e. The van der Waals surface area contributed by atoms with Gasteiger partial charge in [0.05, 0.1) is 12.3 Å². The number of carbonyl (C=O) groups is 1. The van der Waals surface area contributed by atoms with Gasteiger partial charge in [-0.2, -0.15) is 0 Å². The Hall–Kier alpha value is -1.82. The lowest BCUT2D eigenvalue weighted by atomic mass is 10.1. The molecule has 1 aliphatic rings. The molecule has 5 nitrogen and oxygen atoms in total. The van der Waals surface area contributed by atoms with Crippen LogP contribution < -0.4 is 5.32 Å². The molecule has 0 radical (unpaired) electrons. The van der Waals surface area contributed by atoms with E-state index in [2.05, 4.69) is 46.1 Å². The highest BCUT2D eigenvalue weighted by atomic mass is 32.2. The van der Waals surface area contributed by atoms with Gasteiger partial charge in [-0.15, -0.1) is 10.2 Å². The fraction of sp³-hybridized carbons (Fsp3) is 0.526. The number of nitrogens with zero attached hydrogens (tertiary/aromatic N) is 3. The summed E-state index contributed by atoms with van der Waals surface area (Å²) in [5.41, 5.74) is 1.23. The average Bonchev–Trinajstić information content (AvgIpc) is 3.36. The highest BCUT2D eigenvalue weighted by molar-refractivity contribution is 7.99. The van der Waals surface area contributed by atoms with Gasteiger partial charge in [0.25, 0.3) is 0 Å². The second-order valence-corrected chi connectivity index (χ2v) is 7.95. The Labute approximate surface area is 153 Å². The molecule has 0 unspecified atom stereocenters. The van der Waals surface area contributed by atoms with Crippen molar-refractivity contribution in [2.24, 2.45) is 5.92 Å². The van der Waals surface area contributed by atoms with Crippen molar-refractivity contribution in [1.29, 1.82) is 0 Å². The third-order valence-corrected chi connectivity index (χ3v) is 5.21. The molecule has 0 atom stereocenters. The second kappa shape index (κ2) is 8.52. The molecule has 134 valence electrons. The number of amides is 1. The van der Waals surface area contributed by atoms with E-state index in [1.807, 2.05) is 18.2 Å². The second-order valence-electron chi connectivity index (χ2n) is 7.01. The molecule has 0 aliphatic heterocycles. The lowest BCUT2D eigenvalue weighted by Crippen LogP contribution is -2.27. The minimum absolute atomic E-state index is 0.0629. The topological polar surface area (TPSA) is 59.8 Å². The molecular formula is C19H26N4OS. The minimum Gasteiger partial charge on any atom is -0.355 e. The largest absolute Gasteiger partial charge is 0.355 e. The van der Waals surface area contributed by atoms with E-state index < -0.39 is 0 Å². The first kappa shape index (κ1) is 18.0. The van der Waals surface area contributed by atoms with E-state index in [0.717, 1.165) is 30.5 Å². The Morgan fingerprint density at radius 2 is 2.04 bits per heavy atom.